The monoisotopic (exact) mass is 800 g/mol. The average molecular weight is 801 g/mol. The lowest BCUT2D eigenvalue weighted by molar-refractivity contribution is -0.196. The van der Waals surface area contributed by atoms with E-state index in [4.69, 9.17) is 39.2 Å². The fourth-order valence-electron chi connectivity index (χ4n) is 1.59. The molecule has 0 aromatic carbocycles. The highest BCUT2D eigenvalue weighted by Gasteiger charge is 2.02. The van der Waals surface area contributed by atoms with Crippen LogP contribution < -0.4 is 10.6 Å². The van der Waals surface area contributed by atoms with Crippen LogP contribution in [0.1, 0.15) is 0 Å². The van der Waals surface area contributed by atoms with Crippen molar-refractivity contribution in [2.75, 3.05) is 84.6 Å². The first-order chi connectivity index (χ1) is 21.2. The molecule has 0 aliphatic heterocycles. The predicted molar refractivity (Wildman–Crippen MR) is 194 cm³/mol. The number of nitrogens with zero attached hydrogens (tertiary/aromatic N) is 2. The Bertz CT molecular complexity index is 698. The van der Waals surface area contributed by atoms with E-state index in [1.807, 2.05) is 0 Å². The van der Waals surface area contributed by atoms with Gasteiger partial charge in [-0.3, -0.25) is 0 Å². The normalized spacial score (nSPS) is 11.2. The zero-order valence-electron chi connectivity index (χ0n) is 22.9. The number of carbonyl (C=O) groups is 2. The highest BCUT2D eigenvalue weighted by Crippen LogP contribution is 2.14. The van der Waals surface area contributed by atoms with Gasteiger partial charge in [0.05, 0.1) is 35.4 Å². The molecule has 0 rings (SSSR count). The van der Waals surface area contributed by atoms with Crippen molar-refractivity contribution >= 4 is 143 Å². The zero-order valence-corrected chi connectivity index (χ0v) is 31.1. The minimum absolute atomic E-state index is 0.0541. The number of alkyl carbamates (subject to hydrolysis) is 2. The molecule has 0 aromatic heterocycles. The van der Waals surface area contributed by atoms with Crippen molar-refractivity contribution in [2.45, 2.75) is 0 Å². The smallest absolute Gasteiger partial charge is 0.408 e. The molecular formula is C19H36N4O10S10. The fourth-order valence-corrected chi connectivity index (χ4v) is 8.29. The van der Waals surface area contributed by atoms with Crippen molar-refractivity contribution in [3.8, 4) is 0 Å². The highest BCUT2D eigenvalue weighted by molar-refractivity contribution is 8.17. The quantitative estimate of drug-likeness (QED) is 0.0177. The number of aliphatic imine (C=N–C) groups is 2. The van der Waals surface area contributed by atoms with Crippen LogP contribution in [0.3, 0.4) is 0 Å². The molecular weight excluding hydrogens is 765 g/mol. The van der Waals surface area contributed by atoms with Crippen molar-refractivity contribution in [1.29, 1.82) is 0 Å². The topological polar surface area (TPSA) is 179 Å². The van der Waals surface area contributed by atoms with E-state index in [1.165, 1.54) is 107 Å². The summed E-state index contributed by atoms with van der Waals surface area (Å²) in [6, 6.07) is 0. The standard InChI is InChI=1S/C19H36N4O10S10/c24-7-38-15-40-9-28-18(26)22-5-36-13-35-4-21-2-31-33-12-43-17-41-10-29-19(27)23-6-37-14-34-3-20-1-30-32-11-42-16-39-8-25/h1-2,24-25H,3-17H2,(H,22,26)(H,23,27). The Hall–Kier alpha value is 0.820. The molecule has 2 amide bonds. The Morgan fingerprint density at radius 1 is 0.558 bits per heavy atom. The van der Waals surface area contributed by atoms with E-state index in [9.17, 15) is 9.59 Å². The molecule has 0 unspecified atom stereocenters. The van der Waals surface area contributed by atoms with Gasteiger partial charge in [-0.1, -0.05) is 0 Å². The molecule has 4 N–H and O–H groups in total. The number of thioether (sulfide) groups is 10. The lowest BCUT2D eigenvalue weighted by Gasteiger charge is -2.06. The Morgan fingerprint density at radius 3 is 1.40 bits per heavy atom. The van der Waals surface area contributed by atoms with Gasteiger partial charge in [0, 0.05) is 25.4 Å². The second kappa shape index (κ2) is 39.0. The average Bonchev–Trinajstić information content (AvgIpc) is 3.00. The van der Waals surface area contributed by atoms with Gasteiger partial charge in [0.25, 0.3) is 0 Å². The van der Waals surface area contributed by atoms with Crippen LogP contribution in [-0.4, -0.2) is 120 Å². The summed E-state index contributed by atoms with van der Waals surface area (Å²) in [6.07, 6.45) is 1.54. The molecule has 43 heavy (non-hydrogen) atoms. The van der Waals surface area contributed by atoms with Crippen molar-refractivity contribution in [2.24, 2.45) is 9.98 Å². The van der Waals surface area contributed by atoms with E-state index in [0.29, 0.717) is 45.6 Å². The Labute approximate surface area is 294 Å². The van der Waals surface area contributed by atoms with Crippen LogP contribution in [-0.2, 0) is 29.0 Å². The zero-order chi connectivity index (χ0) is 31.3. The molecule has 0 radical (unpaired) electrons. The van der Waals surface area contributed by atoms with E-state index in [0.717, 1.165) is 15.3 Å². The first-order valence-electron chi connectivity index (χ1n) is 11.5. The van der Waals surface area contributed by atoms with E-state index < -0.39 is 12.2 Å². The van der Waals surface area contributed by atoms with Gasteiger partial charge in [0.1, 0.15) is 23.8 Å². The largest absolute Gasteiger partial charge is 0.438 e. The molecule has 0 bridgehead atoms. The van der Waals surface area contributed by atoms with Gasteiger partial charge in [-0.2, -0.15) is 9.78 Å². The van der Waals surface area contributed by atoms with Gasteiger partial charge in [-0.15, -0.1) is 118 Å². The molecule has 0 aromatic rings. The fraction of sp³-hybridized carbons (Fsp3) is 0.789. The van der Waals surface area contributed by atoms with Gasteiger partial charge in [-0.05, 0) is 0 Å². The number of amides is 2. The minimum atomic E-state index is -0.473. The number of ether oxygens (including phenoxy) is 2. The minimum Gasteiger partial charge on any atom is -0.438 e. The van der Waals surface area contributed by atoms with Crippen molar-refractivity contribution < 1.29 is 48.8 Å². The molecule has 0 fully saturated rings. The summed E-state index contributed by atoms with van der Waals surface area (Å²) in [5.74, 6) is 3.16. The molecule has 0 heterocycles. The van der Waals surface area contributed by atoms with Crippen LogP contribution >= 0.6 is 118 Å². The molecule has 0 saturated carbocycles. The van der Waals surface area contributed by atoms with Crippen LogP contribution in [0.15, 0.2) is 9.98 Å². The van der Waals surface area contributed by atoms with Crippen LogP contribution in [0, 0.1) is 0 Å². The van der Waals surface area contributed by atoms with Gasteiger partial charge < -0.3 is 40.1 Å². The van der Waals surface area contributed by atoms with Crippen molar-refractivity contribution in [3.05, 3.63) is 0 Å². The molecule has 14 nitrogen and oxygen atoms in total. The summed E-state index contributed by atoms with van der Waals surface area (Å²) < 4.78 is 10.0. The number of hydrogen-bond donors (Lipinski definition) is 4. The summed E-state index contributed by atoms with van der Waals surface area (Å²) in [5.41, 5.74) is 0. The third-order valence-corrected chi connectivity index (χ3v) is 12.7. The Morgan fingerprint density at radius 2 is 0.953 bits per heavy atom. The molecule has 0 atom stereocenters. The summed E-state index contributed by atoms with van der Waals surface area (Å²) in [4.78, 5) is 50.6. The number of rotatable bonds is 32. The summed E-state index contributed by atoms with van der Waals surface area (Å²) in [7, 11) is 0. The second-order valence-electron chi connectivity index (χ2n) is 6.13. The van der Waals surface area contributed by atoms with Crippen LogP contribution in [0.25, 0.3) is 0 Å². The first kappa shape index (κ1) is 43.8. The van der Waals surface area contributed by atoms with E-state index in [1.54, 1.807) is 23.5 Å². The molecule has 0 saturated heterocycles. The molecule has 0 aliphatic rings. The van der Waals surface area contributed by atoms with Crippen LogP contribution in [0.5, 0.6) is 0 Å². The maximum absolute atomic E-state index is 11.6. The second-order valence-corrected chi connectivity index (χ2v) is 17.5. The highest BCUT2D eigenvalue weighted by atomic mass is 32.2. The van der Waals surface area contributed by atoms with Crippen LogP contribution in [0.2, 0.25) is 0 Å². The number of hydrogen-bond acceptors (Lipinski definition) is 22. The lowest BCUT2D eigenvalue weighted by atomic mass is 11.1. The Balaban J connectivity index is 3.29. The summed E-state index contributed by atoms with van der Waals surface area (Å²) >= 11 is 14.7. The van der Waals surface area contributed by atoms with Crippen LogP contribution in [0.4, 0.5) is 9.59 Å². The third-order valence-electron chi connectivity index (χ3n) is 3.17. The number of nitrogens with one attached hydrogen (secondary N) is 2. The molecule has 252 valence electrons. The van der Waals surface area contributed by atoms with Gasteiger partial charge >= 0.3 is 12.2 Å². The SMILES string of the molecule is O=C(NCSCSCN=COOCSCSCOC(=O)NCSCSCN=COOCSCSCO)OCSCSCO. The maximum Gasteiger partial charge on any atom is 0.408 e. The number of carbonyl (C=O) groups excluding carboxylic acids is 2. The lowest BCUT2D eigenvalue weighted by Crippen LogP contribution is -2.23. The molecule has 24 heteroatoms. The third kappa shape index (κ3) is 38.9. The number of aliphatic hydroxyl groups excluding tert-OH is 2. The van der Waals surface area contributed by atoms with Gasteiger partial charge in [0.15, 0.2) is 0 Å². The van der Waals surface area contributed by atoms with Crippen molar-refractivity contribution in [3.63, 3.8) is 0 Å². The van der Waals surface area contributed by atoms with E-state index >= 15 is 0 Å². The van der Waals surface area contributed by atoms with Gasteiger partial charge in [-0.25, -0.2) is 19.6 Å². The van der Waals surface area contributed by atoms with Crippen molar-refractivity contribution in [1.82, 2.24) is 10.6 Å². The van der Waals surface area contributed by atoms with E-state index in [-0.39, 0.29) is 23.8 Å². The molecule has 0 spiro atoms. The first-order valence-corrected chi connectivity index (χ1v) is 23.1. The number of aliphatic hydroxyl groups is 2. The van der Waals surface area contributed by atoms with Gasteiger partial charge in [0.2, 0.25) is 12.8 Å². The predicted octanol–water partition coefficient (Wildman–Crippen LogP) is 5.07. The molecule has 0 aliphatic carbocycles. The summed E-state index contributed by atoms with van der Waals surface area (Å²) in [6.45, 7) is 0. The van der Waals surface area contributed by atoms with E-state index in [2.05, 4.69) is 20.6 Å². The maximum atomic E-state index is 11.6. The summed E-state index contributed by atoms with van der Waals surface area (Å²) in [5, 5.41) is 26.1. The Kier molecular flexibility index (Phi) is 39.7.